The third-order valence-corrected chi connectivity index (χ3v) is 5.74. The zero-order valence-corrected chi connectivity index (χ0v) is 16.7. The molecule has 26 heavy (non-hydrogen) atoms. The van der Waals surface area contributed by atoms with Gasteiger partial charge in [0.15, 0.2) is 0 Å². The van der Waals surface area contributed by atoms with Crippen molar-refractivity contribution in [2.24, 2.45) is 0 Å². The molecular formula is C18H27N5O2S. The number of nitrogens with zero attached hydrogens (tertiary/aromatic N) is 3. The Bertz CT molecular complexity index is 785. The predicted octanol–water partition coefficient (Wildman–Crippen LogP) is 2.08. The summed E-state index contributed by atoms with van der Waals surface area (Å²) in [7, 11) is 0. The molecule has 8 heteroatoms. The number of amides is 1. The summed E-state index contributed by atoms with van der Waals surface area (Å²) in [5.41, 5.74) is 1.17. The number of carbonyl (C=O) groups excluding carboxylic acids is 1. The second-order valence-corrected chi connectivity index (χ2v) is 7.80. The van der Waals surface area contributed by atoms with Gasteiger partial charge >= 0.3 is 0 Å². The van der Waals surface area contributed by atoms with E-state index in [0.717, 1.165) is 48.2 Å². The molecule has 0 saturated carbocycles. The van der Waals surface area contributed by atoms with Crippen molar-refractivity contribution in [3.8, 4) is 0 Å². The van der Waals surface area contributed by atoms with Crippen molar-refractivity contribution >= 4 is 33.3 Å². The summed E-state index contributed by atoms with van der Waals surface area (Å²) >= 11 is 1.68. The number of morpholine rings is 1. The Kier molecular flexibility index (Phi) is 6.05. The predicted molar refractivity (Wildman–Crippen MR) is 105 cm³/mol. The van der Waals surface area contributed by atoms with Gasteiger partial charge in [0.1, 0.15) is 22.5 Å². The van der Waals surface area contributed by atoms with Crippen LogP contribution in [0.5, 0.6) is 0 Å². The molecule has 0 bridgehead atoms. The Hall–Kier alpha value is -1.77. The van der Waals surface area contributed by atoms with Crippen LogP contribution >= 0.6 is 11.3 Å². The Morgan fingerprint density at radius 3 is 2.73 bits per heavy atom. The molecule has 142 valence electrons. The van der Waals surface area contributed by atoms with Gasteiger partial charge in [-0.3, -0.25) is 9.69 Å². The van der Waals surface area contributed by atoms with Crippen LogP contribution in [0.3, 0.4) is 0 Å². The molecule has 1 amide bonds. The highest BCUT2D eigenvalue weighted by Gasteiger charge is 2.20. The number of nitrogens with one attached hydrogen (secondary N) is 2. The number of anilines is 1. The maximum Gasteiger partial charge on any atom is 0.242 e. The van der Waals surface area contributed by atoms with Gasteiger partial charge in [0.2, 0.25) is 5.91 Å². The average Bonchev–Trinajstić information content (AvgIpc) is 2.90. The third-order valence-electron chi connectivity index (χ3n) is 4.64. The van der Waals surface area contributed by atoms with Gasteiger partial charge in [-0.2, -0.15) is 0 Å². The lowest BCUT2D eigenvalue weighted by Crippen LogP contribution is -2.38. The zero-order valence-electron chi connectivity index (χ0n) is 15.9. The van der Waals surface area contributed by atoms with Crippen LogP contribution in [0.25, 0.3) is 10.2 Å². The summed E-state index contributed by atoms with van der Waals surface area (Å²) in [6.07, 6.45) is 0. The SMILES string of the molecule is CCNC(=O)[C@@H](C)Nc1nc(CN2CCOCC2)nc2sc(C)c(C)c12. The Balaban J connectivity index is 1.91. The lowest BCUT2D eigenvalue weighted by atomic mass is 10.2. The van der Waals surface area contributed by atoms with Crippen molar-refractivity contribution in [2.45, 2.75) is 40.3 Å². The monoisotopic (exact) mass is 377 g/mol. The van der Waals surface area contributed by atoms with Crippen molar-refractivity contribution < 1.29 is 9.53 Å². The van der Waals surface area contributed by atoms with E-state index in [1.54, 1.807) is 11.3 Å². The zero-order chi connectivity index (χ0) is 18.7. The number of hydrogen-bond acceptors (Lipinski definition) is 7. The molecule has 7 nitrogen and oxygen atoms in total. The average molecular weight is 378 g/mol. The van der Waals surface area contributed by atoms with Crippen LogP contribution in [0.1, 0.15) is 30.1 Å². The third kappa shape index (κ3) is 4.13. The van der Waals surface area contributed by atoms with E-state index in [4.69, 9.17) is 14.7 Å². The van der Waals surface area contributed by atoms with Crippen molar-refractivity contribution in [2.75, 3.05) is 38.2 Å². The van der Waals surface area contributed by atoms with Crippen molar-refractivity contribution in [1.29, 1.82) is 0 Å². The fraction of sp³-hybridized carbons (Fsp3) is 0.611. The molecule has 3 rings (SSSR count). The second-order valence-electron chi connectivity index (χ2n) is 6.60. The van der Waals surface area contributed by atoms with Gasteiger partial charge in [-0.15, -0.1) is 11.3 Å². The van der Waals surface area contributed by atoms with E-state index in [1.165, 1.54) is 10.4 Å². The van der Waals surface area contributed by atoms with E-state index in [-0.39, 0.29) is 11.9 Å². The second kappa shape index (κ2) is 8.28. The number of carbonyl (C=O) groups is 1. The summed E-state index contributed by atoms with van der Waals surface area (Å²) in [5.74, 6) is 1.50. The molecule has 1 fully saturated rings. The van der Waals surface area contributed by atoms with Gasteiger partial charge in [0.25, 0.3) is 0 Å². The fourth-order valence-electron chi connectivity index (χ4n) is 3.03. The highest BCUT2D eigenvalue weighted by Crippen LogP contribution is 2.33. The molecule has 3 heterocycles. The van der Waals surface area contributed by atoms with Gasteiger partial charge < -0.3 is 15.4 Å². The van der Waals surface area contributed by atoms with Crippen molar-refractivity contribution in [1.82, 2.24) is 20.2 Å². The first kappa shape index (κ1) is 19.0. The molecule has 2 aromatic heterocycles. The summed E-state index contributed by atoms with van der Waals surface area (Å²) in [4.78, 5) is 26.2. The van der Waals surface area contributed by atoms with Gasteiger partial charge in [0, 0.05) is 24.5 Å². The molecule has 0 unspecified atom stereocenters. The van der Waals surface area contributed by atoms with E-state index in [9.17, 15) is 4.79 Å². The summed E-state index contributed by atoms with van der Waals surface area (Å²) < 4.78 is 5.42. The maximum atomic E-state index is 12.1. The Morgan fingerprint density at radius 2 is 2.04 bits per heavy atom. The number of ether oxygens (including phenoxy) is 1. The molecule has 1 atom stereocenters. The van der Waals surface area contributed by atoms with Crippen LogP contribution in [0, 0.1) is 13.8 Å². The number of aromatic nitrogens is 2. The molecular weight excluding hydrogens is 350 g/mol. The van der Waals surface area contributed by atoms with E-state index in [0.29, 0.717) is 13.1 Å². The highest BCUT2D eigenvalue weighted by molar-refractivity contribution is 7.18. The van der Waals surface area contributed by atoms with Crippen LogP contribution in [-0.4, -0.2) is 59.7 Å². The van der Waals surface area contributed by atoms with Gasteiger partial charge in [0.05, 0.1) is 25.1 Å². The summed E-state index contributed by atoms with van der Waals surface area (Å²) in [5, 5.41) is 7.17. The standard InChI is InChI=1S/C18H27N5O2S/c1-5-19-17(24)12(3)20-16-15-11(2)13(4)26-18(15)22-14(21-16)10-23-6-8-25-9-7-23/h12H,5-10H2,1-4H3,(H,19,24)(H,20,21,22)/t12-/m1/s1. The van der Waals surface area contributed by atoms with Crippen molar-refractivity contribution in [3.63, 3.8) is 0 Å². The summed E-state index contributed by atoms with van der Waals surface area (Å²) in [6.45, 7) is 12.5. The van der Waals surface area contributed by atoms with Crippen LogP contribution in [-0.2, 0) is 16.1 Å². The molecule has 2 aromatic rings. The molecule has 0 aromatic carbocycles. The normalized spacial score (nSPS) is 16.6. The number of fused-ring (bicyclic) bond motifs is 1. The molecule has 1 aliphatic heterocycles. The van der Waals surface area contributed by atoms with Crippen LogP contribution in [0.2, 0.25) is 0 Å². The lowest BCUT2D eigenvalue weighted by Gasteiger charge is -2.26. The van der Waals surface area contributed by atoms with Gasteiger partial charge in [-0.05, 0) is 33.3 Å². The largest absolute Gasteiger partial charge is 0.379 e. The highest BCUT2D eigenvalue weighted by atomic mass is 32.1. The Labute approximate surface area is 158 Å². The van der Waals surface area contributed by atoms with Crippen LogP contribution in [0.4, 0.5) is 5.82 Å². The molecule has 1 saturated heterocycles. The first-order valence-corrected chi connectivity index (χ1v) is 9.92. The number of hydrogen-bond donors (Lipinski definition) is 2. The van der Waals surface area contributed by atoms with E-state index < -0.39 is 0 Å². The minimum absolute atomic E-state index is 0.0291. The van der Waals surface area contributed by atoms with E-state index in [2.05, 4.69) is 29.4 Å². The number of aryl methyl sites for hydroxylation is 2. The maximum absolute atomic E-state index is 12.1. The first-order valence-electron chi connectivity index (χ1n) is 9.10. The molecule has 0 spiro atoms. The van der Waals surface area contributed by atoms with Crippen LogP contribution in [0.15, 0.2) is 0 Å². The van der Waals surface area contributed by atoms with Gasteiger partial charge in [-0.25, -0.2) is 9.97 Å². The number of likely N-dealkylation sites (N-methyl/N-ethyl adjacent to an activating group) is 1. The van der Waals surface area contributed by atoms with Crippen LogP contribution < -0.4 is 10.6 Å². The Morgan fingerprint density at radius 1 is 1.31 bits per heavy atom. The summed E-state index contributed by atoms with van der Waals surface area (Å²) in [6, 6.07) is -0.358. The van der Waals surface area contributed by atoms with E-state index in [1.807, 2.05) is 13.8 Å². The lowest BCUT2D eigenvalue weighted by molar-refractivity contribution is -0.121. The van der Waals surface area contributed by atoms with Crippen molar-refractivity contribution in [3.05, 3.63) is 16.3 Å². The minimum atomic E-state index is -0.358. The first-order chi connectivity index (χ1) is 12.5. The van der Waals surface area contributed by atoms with E-state index >= 15 is 0 Å². The number of rotatable bonds is 6. The molecule has 2 N–H and O–H groups in total. The fourth-order valence-corrected chi connectivity index (χ4v) is 4.07. The topological polar surface area (TPSA) is 79.4 Å². The molecule has 0 aliphatic carbocycles. The minimum Gasteiger partial charge on any atom is -0.379 e. The quantitative estimate of drug-likeness (QED) is 0.802. The number of thiophene rings is 1. The molecule has 1 aliphatic rings. The molecule has 0 radical (unpaired) electrons. The smallest absolute Gasteiger partial charge is 0.242 e. The van der Waals surface area contributed by atoms with Gasteiger partial charge in [-0.1, -0.05) is 0 Å².